The van der Waals surface area contributed by atoms with E-state index in [4.69, 9.17) is 14.2 Å². The highest BCUT2D eigenvalue weighted by Gasteiger charge is 2.25. The number of carbonyl (C=O) groups is 1. The molecule has 1 aliphatic heterocycles. The van der Waals surface area contributed by atoms with Crippen molar-refractivity contribution in [3.05, 3.63) is 60.4 Å². The van der Waals surface area contributed by atoms with Crippen LogP contribution in [0.25, 0.3) is 11.4 Å². The Morgan fingerprint density at radius 1 is 0.861 bits per heavy atom. The number of ether oxygens (including phenoxy) is 3. The summed E-state index contributed by atoms with van der Waals surface area (Å²) in [6, 6.07) is 13.8. The molecule has 1 saturated heterocycles. The van der Waals surface area contributed by atoms with Gasteiger partial charge in [-0.25, -0.2) is 4.98 Å². The molecule has 1 fully saturated rings. The van der Waals surface area contributed by atoms with Gasteiger partial charge in [-0.15, -0.1) is 0 Å². The molecule has 36 heavy (non-hydrogen) atoms. The molecule has 0 N–H and O–H groups in total. The van der Waals surface area contributed by atoms with Crippen LogP contribution in [-0.4, -0.2) is 77.8 Å². The van der Waals surface area contributed by atoms with E-state index < -0.39 is 0 Å². The van der Waals surface area contributed by atoms with Crippen LogP contribution in [0.4, 0.5) is 0 Å². The first-order chi connectivity index (χ1) is 17.6. The summed E-state index contributed by atoms with van der Waals surface area (Å²) in [4.78, 5) is 22.2. The first-order valence-corrected chi connectivity index (χ1v) is 12.8. The van der Waals surface area contributed by atoms with E-state index in [1.165, 1.54) is 0 Å². The van der Waals surface area contributed by atoms with Gasteiger partial charge in [-0.2, -0.15) is 0 Å². The van der Waals surface area contributed by atoms with Crippen LogP contribution in [0.1, 0.15) is 31.1 Å². The van der Waals surface area contributed by atoms with Crippen LogP contribution in [0.5, 0.6) is 17.2 Å². The van der Waals surface area contributed by atoms with Gasteiger partial charge in [0.2, 0.25) is 5.75 Å². The lowest BCUT2D eigenvalue weighted by atomic mass is 10.1. The molecule has 2 heterocycles. The van der Waals surface area contributed by atoms with Gasteiger partial charge in [-0.05, 0) is 32.9 Å². The second kappa shape index (κ2) is 12.4. The fourth-order valence-electron chi connectivity index (χ4n) is 4.46. The molecule has 192 valence electrons. The van der Waals surface area contributed by atoms with Gasteiger partial charge >= 0.3 is 0 Å². The first kappa shape index (κ1) is 25.6. The average Bonchev–Trinajstić information content (AvgIpc) is 3.38. The van der Waals surface area contributed by atoms with Crippen LogP contribution >= 0.6 is 0 Å². The van der Waals surface area contributed by atoms with Gasteiger partial charge in [-0.1, -0.05) is 30.3 Å². The van der Waals surface area contributed by atoms with Crippen LogP contribution in [0.2, 0.25) is 0 Å². The molecule has 0 unspecified atom stereocenters. The number of aromatic nitrogens is 2. The summed E-state index contributed by atoms with van der Waals surface area (Å²) < 4.78 is 19.5. The van der Waals surface area contributed by atoms with Gasteiger partial charge in [0.15, 0.2) is 11.5 Å². The summed E-state index contributed by atoms with van der Waals surface area (Å²) in [5.74, 6) is 2.61. The van der Waals surface area contributed by atoms with Gasteiger partial charge in [0.05, 0.1) is 19.8 Å². The van der Waals surface area contributed by atoms with Gasteiger partial charge in [-0.3, -0.25) is 9.69 Å². The second-order valence-electron chi connectivity index (χ2n) is 8.54. The van der Waals surface area contributed by atoms with Crippen molar-refractivity contribution in [2.24, 2.45) is 0 Å². The van der Waals surface area contributed by atoms with Gasteiger partial charge in [0.1, 0.15) is 5.82 Å². The Morgan fingerprint density at radius 3 is 2.11 bits per heavy atom. The Hall–Kier alpha value is -3.52. The van der Waals surface area contributed by atoms with E-state index in [9.17, 15) is 4.79 Å². The van der Waals surface area contributed by atoms with Crippen molar-refractivity contribution in [3.8, 4) is 28.6 Å². The quantitative estimate of drug-likeness (QED) is 0.400. The molecular formula is C28H36N4O4. The minimum Gasteiger partial charge on any atom is -0.490 e. The molecule has 3 aromatic rings. The number of benzene rings is 2. The number of imidazole rings is 1. The lowest BCUT2D eigenvalue weighted by Gasteiger charge is -2.35. The molecule has 1 aliphatic rings. The van der Waals surface area contributed by atoms with Gasteiger partial charge in [0, 0.05) is 62.8 Å². The SMILES string of the molecule is CCOc1cc(C(=O)N2CCN(CCn3ccnc3-c3ccccc3)CC2)cc(OCC)c1OCC. The highest BCUT2D eigenvalue weighted by Crippen LogP contribution is 2.39. The van der Waals surface area contributed by atoms with Crippen molar-refractivity contribution in [2.75, 3.05) is 52.5 Å². The lowest BCUT2D eigenvalue weighted by molar-refractivity contribution is 0.0632. The van der Waals surface area contributed by atoms with Crippen LogP contribution in [0.3, 0.4) is 0 Å². The standard InChI is InChI=1S/C28H36N4O4/c1-4-34-24-20-23(21-25(35-5-2)26(24)36-6-3)28(33)32-18-15-30(16-19-32)14-17-31-13-12-29-27(31)22-10-8-7-9-11-22/h7-13,20-21H,4-6,14-19H2,1-3H3. The molecular weight excluding hydrogens is 456 g/mol. The molecule has 0 aliphatic carbocycles. The Bertz CT molecular complexity index is 1100. The molecule has 1 amide bonds. The number of piperazine rings is 1. The fraction of sp³-hybridized carbons (Fsp3) is 0.429. The Balaban J connectivity index is 1.38. The van der Waals surface area contributed by atoms with Crippen LogP contribution < -0.4 is 14.2 Å². The average molecular weight is 493 g/mol. The van der Waals surface area contributed by atoms with E-state index in [2.05, 4.69) is 26.6 Å². The zero-order chi connectivity index (χ0) is 25.3. The number of amides is 1. The summed E-state index contributed by atoms with van der Waals surface area (Å²) in [5, 5.41) is 0. The zero-order valence-corrected chi connectivity index (χ0v) is 21.5. The number of hydrogen-bond donors (Lipinski definition) is 0. The van der Waals surface area contributed by atoms with E-state index in [1.807, 2.05) is 56.3 Å². The summed E-state index contributed by atoms with van der Waals surface area (Å²) in [7, 11) is 0. The Labute approximate surface area is 213 Å². The molecule has 4 rings (SSSR count). The smallest absolute Gasteiger partial charge is 0.254 e. The summed E-state index contributed by atoms with van der Waals surface area (Å²) in [5.41, 5.74) is 1.68. The second-order valence-corrected chi connectivity index (χ2v) is 8.54. The van der Waals surface area contributed by atoms with Crippen molar-refractivity contribution >= 4 is 5.91 Å². The molecule has 0 saturated carbocycles. The Kier molecular flexibility index (Phi) is 8.84. The van der Waals surface area contributed by atoms with Gasteiger partial charge < -0.3 is 23.7 Å². The summed E-state index contributed by atoms with van der Waals surface area (Å²) in [6.45, 7) is 12.0. The van der Waals surface area contributed by atoms with E-state index in [0.717, 1.165) is 37.6 Å². The van der Waals surface area contributed by atoms with E-state index >= 15 is 0 Å². The molecule has 0 radical (unpaired) electrons. The maximum atomic E-state index is 13.4. The van der Waals surface area contributed by atoms with Crippen LogP contribution in [-0.2, 0) is 6.54 Å². The predicted octanol–water partition coefficient (Wildman–Crippen LogP) is 4.20. The van der Waals surface area contributed by atoms with Crippen molar-refractivity contribution in [2.45, 2.75) is 27.3 Å². The largest absolute Gasteiger partial charge is 0.490 e. The number of hydrogen-bond acceptors (Lipinski definition) is 6. The minimum absolute atomic E-state index is 0.0134. The summed E-state index contributed by atoms with van der Waals surface area (Å²) in [6.07, 6.45) is 3.88. The minimum atomic E-state index is -0.0134. The van der Waals surface area contributed by atoms with Crippen molar-refractivity contribution in [3.63, 3.8) is 0 Å². The number of carbonyl (C=O) groups excluding carboxylic acids is 1. The fourth-order valence-corrected chi connectivity index (χ4v) is 4.46. The van der Waals surface area contributed by atoms with E-state index in [0.29, 0.717) is 55.7 Å². The Morgan fingerprint density at radius 2 is 1.50 bits per heavy atom. The van der Waals surface area contributed by atoms with Crippen LogP contribution in [0.15, 0.2) is 54.9 Å². The normalized spacial score (nSPS) is 14.0. The topological polar surface area (TPSA) is 69.1 Å². The first-order valence-electron chi connectivity index (χ1n) is 12.8. The number of rotatable bonds is 11. The maximum absolute atomic E-state index is 13.4. The van der Waals surface area contributed by atoms with Crippen molar-refractivity contribution in [1.29, 1.82) is 0 Å². The monoisotopic (exact) mass is 492 g/mol. The molecule has 2 aromatic carbocycles. The zero-order valence-electron chi connectivity index (χ0n) is 21.5. The third-order valence-electron chi connectivity index (χ3n) is 6.22. The van der Waals surface area contributed by atoms with Crippen LogP contribution in [0, 0.1) is 0 Å². The molecule has 0 atom stereocenters. The highest BCUT2D eigenvalue weighted by molar-refractivity contribution is 5.95. The maximum Gasteiger partial charge on any atom is 0.254 e. The number of nitrogens with zero attached hydrogens (tertiary/aromatic N) is 4. The molecule has 0 spiro atoms. The highest BCUT2D eigenvalue weighted by atomic mass is 16.5. The molecule has 1 aromatic heterocycles. The summed E-state index contributed by atoms with van der Waals surface area (Å²) >= 11 is 0. The molecule has 8 nitrogen and oxygen atoms in total. The predicted molar refractivity (Wildman–Crippen MR) is 140 cm³/mol. The van der Waals surface area contributed by atoms with Crippen molar-refractivity contribution in [1.82, 2.24) is 19.4 Å². The van der Waals surface area contributed by atoms with E-state index in [1.54, 1.807) is 12.1 Å². The van der Waals surface area contributed by atoms with E-state index in [-0.39, 0.29) is 5.91 Å². The van der Waals surface area contributed by atoms with Gasteiger partial charge in [0.25, 0.3) is 5.91 Å². The third kappa shape index (κ3) is 5.99. The lowest BCUT2D eigenvalue weighted by Crippen LogP contribution is -2.49. The molecule has 0 bridgehead atoms. The van der Waals surface area contributed by atoms with Crippen molar-refractivity contribution < 1.29 is 19.0 Å². The molecule has 8 heteroatoms. The third-order valence-corrected chi connectivity index (χ3v) is 6.22.